The fourth-order valence-electron chi connectivity index (χ4n) is 1.78. The van der Waals surface area contributed by atoms with E-state index in [1.807, 2.05) is 6.92 Å². The standard InChI is InChI=1S/C14H11F3N2O2/c1-2-8-3-5-9(6-4-8)12-18-7-10(13(20)21)11(19-12)14(15,16)17/h3-7H,2H2,1H3,(H,20,21). The van der Waals surface area contributed by atoms with E-state index in [-0.39, 0.29) is 5.82 Å². The first kappa shape index (κ1) is 15.0. The summed E-state index contributed by atoms with van der Waals surface area (Å²) < 4.78 is 38.6. The van der Waals surface area contributed by atoms with Gasteiger partial charge in [0.05, 0.1) is 0 Å². The molecule has 2 aromatic rings. The third kappa shape index (κ3) is 3.18. The predicted octanol–water partition coefficient (Wildman–Crippen LogP) is 3.42. The number of hydrogen-bond donors (Lipinski definition) is 1. The number of rotatable bonds is 3. The molecule has 0 aliphatic heterocycles. The van der Waals surface area contributed by atoms with Gasteiger partial charge in [0.2, 0.25) is 0 Å². The Balaban J connectivity index is 2.53. The molecule has 0 saturated carbocycles. The van der Waals surface area contributed by atoms with Crippen molar-refractivity contribution < 1.29 is 23.1 Å². The van der Waals surface area contributed by atoms with E-state index in [1.54, 1.807) is 24.3 Å². The molecule has 21 heavy (non-hydrogen) atoms. The van der Waals surface area contributed by atoms with Gasteiger partial charge in [-0.2, -0.15) is 13.2 Å². The van der Waals surface area contributed by atoms with E-state index >= 15 is 0 Å². The minimum absolute atomic E-state index is 0.157. The van der Waals surface area contributed by atoms with Gasteiger partial charge in [-0.05, 0) is 12.0 Å². The molecular formula is C14H11F3N2O2. The van der Waals surface area contributed by atoms with Gasteiger partial charge in [-0.1, -0.05) is 31.2 Å². The Labute approximate surface area is 118 Å². The van der Waals surface area contributed by atoms with Gasteiger partial charge in [0.15, 0.2) is 11.5 Å². The Bertz CT molecular complexity index is 667. The average molecular weight is 296 g/mol. The topological polar surface area (TPSA) is 63.1 Å². The summed E-state index contributed by atoms with van der Waals surface area (Å²) in [7, 11) is 0. The minimum Gasteiger partial charge on any atom is -0.478 e. The molecule has 1 heterocycles. The predicted molar refractivity (Wildman–Crippen MR) is 68.8 cm³/mol. The van der Waals surface area contributed by atoms with Gasteiger partial charge in [-0.25, -0.2) is 14.8 Å². The first-order valence-electron chi connectivity index (χ1n) is 6.09. The lowest BCUT2D eigenvalue weighted by molar-refractivity contribution is -0.141. The summed E-state index contributed by atoms with van der Waals surface area (Å²) in [6, 6.07) is 6.73. The number of aromatic nitrogens is 2. The molecule has 0 amide bonds. The Hall–Kier alpha value is -2.44. The number of hydrogen-bond acceptors (Lipinski definition) is 3. The zero-order valence-corrected chi connectivity index (χ0v) is 11.0. The highest BCUT2D eigenvalue weighted by molar-refractivity contribution is 5.89. The number of aromatic carboxylic acids is 1. The van der Waals surface area contributed by atoms with Crippen LogP contribution < -0.4 is 0 Å². The summed E-state index contributed by atoms with van der Waals surface area (Å²) in [5.74, 6) is -1.87. The molecule has 0 aliphatic rings. The van der Waals surface area contributed by atoms with Gasteiger partial charge in [0.25, 0.3) is 0 Å². The lowest BCUT2D eigenvalue weighted by Crippen LogP contribution is -2.16. The summed E-state index contributed by atoms with van der Waals surface area (Å²) in [5.41, 5.74) is -0.984. The lowest BCUT2D eigenvalue weighted by Gasteiger charge is -2.10. The Morgan fingerprint density at radius 1 is 1.24 bits per heavy atom. The van der Waals surface area contributed by atoms with Gasteiger partial charge < -0.3 is 5.11 Å². The molecule has 0 bridgehead atoms. The number of carboxylic acid groups (broad SMARTS) is 1. The van der Waals surface area contributed by atoms with Crippen molar-refractivity contribution in [3.05, 3.63) is 47.3 Å². The van der Waals surface area contributed by atoms with Crippen molar-refractivity contribution >= 4 is 5.97 Å². The number of aryl methyl sites for hydroxylation is 1. The van der Waals surface area contributed by atoms with Crippen molar-refractivity contribution in [3.63, 3.8) is 0 Å². The van der Waals surface area contributed by atoms with E-state index in [9.17, 15) is 18.0 Å². The number of benzene rings is 1. The first-order valence-corrected chi connectivity index (χ1v) is 6.09. The number of nitrogens with zero attached hydrogens (tertiary/aromatic N) is 2. The van der Waals surface area contributed by atoms with Crippen molar-refractivity contribution in [2.75, 3.05) is 0 Å². The number of alkyl halides is 3. The molecule has 110 valence electrons. The fraction of sp³-hybridized carbons (Fsp3) is 0.214. The molecular weight excluding hydrogens is 285 g/mol. The number of carboxylic acids is 1. The van der Waals surface area contributed by atoms with Crippen molar-refractivity contribution in [1.29, 1.82) is 0 Å². The third-order valence-electron chi connectivity index (χ3n) is 2.91. The zero-order chi connectivity index (χ0) is 15.6. The largest absolute Gasteiger partial charge is 0.478 e. The highest BCUT2D eigenvalue weighted by Crippen LogP contribution is 2.31. The van der Waals surface area contributed by atoms with Crippen molar-refractivity contribution in [2.45, 2.75) is 19.5 Å². The van der Waals surface area contributed by atoms with Crippen LogP contribution in [0, 0.1) is 0 Å². The quantitative estimate of drug-likeness (QED) is 0.942. The Morgan fingerprint density at radius 2 is 1.86 bits per heavy atom. The van der Waals surface area contributed by atoms with Gasteiger partial charge >= 0.3 is 12.1 Å². The van der Waals surface area contributed by atoms with Gasteiger partial charge in [0, 0.05) is 11.8 Å². The van der Waals surface area contributed by atoms with Crippen LogP contribution in [0.1, 0.15) is 28.5 Å². The van der Waals surface area contributed by atoms with Crippen molar-refractivity contribution in [3.8, 4) is 11.4 Å². The molecule has 2 rings (SSSR count). The summed E-state index contributed by atoms with van der Waals surface area (Å²) in [5, 5.41) is 8.78. The monoisotopic (exact) mass is 296 g/mol. The van der Waals surface area contributed by atoms with E-state index < -0.39 is 23.4 Å². The van der Waals surface area contributed by atoms with E-state index in [0.29, 0.717) is 11.8 Å². The first-order chi connectivity index (χ1) is 9.82. The molecule has 0 spiro atoms. The van der Waals surface area contributed by atoms with Crippen molar-refractivity contribution in [2.24, 2.45) is 0 Å². The highest BCUT2D eigenvalue weighted by Gasteiger charge is 2.38. The number of halogens is 3. The SMILES string of the molecule is CCc1ccc(-c2ncc(C(=O)O)c(C(F)(F)F)n2)cc1. The van der Waals surface area contributed by atoms with E-state index in [0.717, 1.165) is 12.0 Å². The molecule has 0 aliphatic carbocycles. The Kier molecular flexibility index (Phi) is 3.93. The summed E-state index contributed by atoms with van der Waals surface area (Å²) >= 11 is 0. The second-order valence-corrected chi connectivity index (χ2v) is 4.31. The van der Waals surface area contributed by atoms with Crippen LogP contribution in [0.5, 0.6) is 0 Å². The molecule has 0 saturated heterocycles. The van der Waals surface area contributed by atoms with Crippen LogP contribution in [0.4, 0.5) is 13.2 Å². The normalized spacial score (nSPS) is 11.4. The molecule has 0 fully saturated rings. The van der Waals surface area contributed by atoms with Gasteiger partial charge in [0.1, 0.15) is 5.56 Å². The average Bonchev–Trinajstić information content (AvgIpc) is 2.45. The molecule has 1 N–H and O–H groups in total. The van der Waals surface area contributed by atoms with Crippen molar-refractivity contribution in [1.82, 2.24) is 9.97 Å². The van der Waals surface area contributed by atoms with E-state index in [2.05, 4.69) is 9.97 Å². The van der Waals surface area contributed by atoms with Crippen LogP contribution in [0.25, 0.3) is 11.4 Å². The van der Waals surface area contributed by atoms with Gasteiger partial charge in [-0.15, -0.1) is 0 Å². The second kappa shape index (κ2) is 5.51. The van der Waals surface area contributed by atoms with E-state index in [4.69, 9.17) is 5.11 Å². The maximum Gasteiger partial charge on any atom is 0.434 e. The summed E-state index contributed by atoms with van der Waals surface area (Å²) in [4.78, 5) is 17.9. The smallest absolute Gasteiger partial charge is 0.434 e. The van der Waals surface area contributed by atoms with Crippen LogP contribution in [-0.2, 0) is 12.6 Å². The molecule has 7 heteroatoms. The molecule has 0 radical (unpaired) electrons. The van der Waals surface area contributed by atoms with Crippen LogP contribution in [0.2, 0.25) is 0 Å². The number of carbonyl (C=O) groups is 1. The maximum atomic E-state index is 12.9. The highest BCUT2D eigenvalue weighted by atomic mass is 19.4. The minimum atomic E-state index is -4.85. The second-order valence-electron chi connectivity index (χ2n) is 4.31. The zero-order valence-electron chi connectivity index (χ0n) is 11.0. The molecule has 0 atom stereocenters. The summed E-state index contributed by atoms with van der Waals surface area (Å²) in [6.07, 6.45) is -3.37. The molecule has 1 aromatic heterocycles. The third-order valence-corrected chi connectivity index (χ3v) is 2.91. The molecule has 1 aromatic carbocycles. The van der Waals surface area contributed by atoms with Crippen LogP contribution in [0.15, 0.2) is 30.5 Å². The maximum absolute atomic E-state index is 12.9. The summed E-state index contributed by atoms with van der Waals surface area (Å²) in [6.45, 7) is 1.95. The van der Waals surface area contributed by atoms with Crippen LogP contribution >= 0.6 is 0 Å². The lowest BCUT2D eigenvalue weighted by atomic mass is 10.1. The fourth-order valence-corrected chi connectivity index (χ4v) is 1.78. The van der Waals surface area contributed by atoms with E-state index in [1.165, 1.54) is 0 Å². The van der Waals surface area contributed by atoms with Crippen LogP contribution in [0.3, 0.4) is 0 Å². The molecule has 4 nitrogen and oxygen atoms in total. The van der Waals surface area contributed by atoms with Gasteiger partial charge in [-0.3, -0.25) is 0 Å². The molecule has 0 unspecified atom stereocenters. The van der Waals surface area contributed by atoms with Crippen LogP contribution in [-0.4, -0.2) is 21.0 Å². The Morgan fingerprint density at radius 3 is 2.33 bits per heavy atom.